The summed E-state index contributed by atoms with van der Waals surface area (Å²) in [6, 6.07) is 7.83. The lowest BCUT2D eigenvalue weighted by molar-refractivity contribution is -0.141. The van der Waals surface area contributed by atoms with Gasteiger partial charge >= 0.3 is 5.97 Å². The average Bonchev–Trinajstić information content (AvgIpc) is 2.90. The number of hydrogen-bond donors (Lipinski definition) is 1. The van der Waals surface area contributed by atoms with Crippen LogP contribution in [0.15, 0.2) is 24.3 Å². The van der Waals surface area contributed by atoms with Crippen LogP contribution in [0.1, 0.15) is 25.7 Å². The van der Waals surface area contributed by atoms with Gasteiger partial charge in [-0.25, -0.2) is 0 Å². The van der Waals surface area contributed by atoms with E-state index in [1.165, 1.54) is 19.3 Å². The van der Waals surface area contributed by atoms with E-state index in [2.05, 4.69) is 4.90 Å². The van der Waals surface area contributed by atoms with E-state index in [1.54, 1.807) is 4.90 Å². The second kappa shape index (κ2) is 5.76. The van der Waals surface area contributed by atoms with Crippen molar-refractivity contribution in [1.29, 1.82) is 0 Å². The van der Waals surface area contributed by atoms with Gasteiger partial charge in [0, 0.05) is 26.1 Å². The molecule has 1 atom stereocenters. The molecule has 2 heterocycles. The van der Waals surface area contributed by atoms with Crippen molar-refractivity contribution in [2.24, 2.45) is 5.92 Å². The van der Waals surface area contributed by atoms with Gasteiger partial charge in [-0.2, -0.15) is 0 Å². The van der Waals surface area contributed by atoms with E-state index in [1.807, 2.05) is 24.3 Å². The average molecular weight is 288 g/mol. The monoisotopic (exact) mass is 288 g/mol. The first kappa shape index (κ1) is 13.9. The first-order valence-corrected chi connectivity index (χ1v) is 7.54. The smallest absolute Gasteiger partial charge is 0.308 e. The lowest BCUT2D eigenvalue weighted by Crippen LogP contribution is -2.33. The molecule has 5 nitrogen and oxygen atoms in total. The summed E-state index contributed by atoms with van der Waals surface area (Å²) in [5.74, 6) is -1.57. The number of anilines is 2. The Morgan fingerprint density at radius 3 is 2.38 bits per heavy atom. The summed E-state index contributed by atoms with van der Waals surface area (Å²) in [5, 5.41) is 9.12. The largest absolute Gasteiger partial charge is 0.481 e. The molecule has 3 rings (SSSR count). The highest BCUT2D eigenvalue weighted by Crippen LogP contribution is 2.34. The number of hydrogen-bond acceptors (Lipinski definition) is 3. The second-order valence-corrected chi connectivity index (χ2v) is 5.78. The van der Waals surface area contributed by atoms with Crippen LogP contribution in [0.5, 0.6) is 0 Å². The standard InChI is InChI=1S/C16H20N2O3/c19-15-10-12(16(20)21)11-18(15)14-7-3-2-6-13(14)17-8-4-1-5-9-17/h2-3,6-7,12H,1,4-5,8-11H2,(H,20,21)/t12-/m0/s1. The normalized spacial score (nSPS) is 22.7. The van der Waals surface area contributed by atoms with E-state index in [9.17, 15) is 9.59 Å². The summed E-state index contributed by atoms with van der Waals surface area (Å²) in [6.45, 7) is 2.28. The molecule has 2 aliphatic heterocycles. The molecule has 1 amide bonds. The molecule has 2 aliphatic rings. The Morgan fingerprint density at radius 2 is 1.76 bits per heavy atom. The molecule has 1 aromatic rings. The maximum Gasteiger partial charge on any atom is 0.308 e. The van der Waals surface area contributed by atoms with Gasteiger partial charge in [0.25, 0.3) is 0 Å². The van der Waals surface area contributed by atoms with Gasteiger partial charge in [0.1, 0.15) is 0 Å². The molecule has 0 aliphatic carbocycles. The lowest BCUT2D eigenvalue weighted by atomic mass is 10.1. The van der Waals surface area contributed by atoms with Crippen LogP contribution >= 0.6 is 0 Å². The van der Waals surface area contributed by atoms with Crippen LogP contribution in [0, 0.1) is 5.92 Å². The summed E-state index contributed by atoms with van der Waals surface area (Å²) in [6.07, 6.45) is 3.69. The van der Waals surface area contributed by atoms with E-state index in [4.69, 9.17) is 5.11 Å². The third-order valence-electron chi connectivity index (χ3n) is 4.34. The van der Waals surface area contributed by atoms with Crippen molar-refractivity contribution in [3.63, 3.8) is 0 Å². The van der Waals surface area contributed by atoms with E-state index < -0.39 is 11.9 Å². The fourth-order valence-electron chi connectivity index (χ4n) is 3.20. The molecular formula is C16H20N2O3. The zero-order valence-electron chi connectivity index (χ0n) is 12.0. The zero-order valence-corrected chi connectivity index (χ0v) is 12.0. The molecule has 0 unspecified atom stereocenters. The molecule has 2 saturated heterocycles. The van der Waals surface area contributed by atoms with Crippen LogP contribution in [0.4, 0.5) is 11.4 Å². The SMILES string of the molecule is O=C(O)[C@H]1CC(=O)N(c2ccccc2N2CCCCC2)C1. The van der Waals surface area contributed by atoms with Crippen molar-refractivity contribution in [3.05, 3.63) is 24.3 Å². The van der Waals surface area contributed by atoms with E-state index in [0.717, 1.165) is 24.5 Å². The van der Waals surface area contributed by atoms with Gasteiger partial charge in [0.2, 0.25) is 5.91 Å². The highest BCUT2D eigenvalue weighted by atomic mass is 16.4. The number of rotatable bonds is 3. The summed E-state index contributed by atoms with van der Waals surface area (Å²) in [7, 11) is 0. The van der Waals surface area contributed by atoms with Crippen LogP contribution in [0.3, 0.4) is 0 Å². The number of amides is 1. The Morgan fingerprint density at radius 1 is 1.10 bits per heavy atom. The van der Waals surface area contributed by atoms with Gasteiger partial charge in [0.05, 0.1) is 17.3 Å². The fourth-order valence-corrected chi connectivity index (χ4v) is 3.20. The number of carboxylic acids is 1. The predicted molar refractivity (Wildman–Crippen MR) is 80.6 cm³/mol. The van der Waals surface area contributed by atoms with Gasteiger partial charge < -0.3 is 14.9 Å². The Labute approximate surface area is 124 Å². The van der Waals surface area contributed by atoms with Gasteiger partial charge in [0.15, 0.2) is 0 Å². The molecule has 112 valence electrons. The Hall–Kier alpha value is -2.04. The maximum absolute atomic E-state index is 12.2. The molecule has 0 aromatic heterocycles. The third-order valence-corrected chi connectivity index (χ3v) is 4.34. The van der Waals surface area contributed by atoms with Crippen LogP contribution in [-0.2, 0) is 9.59 Å². The number of carbonyl (C=O) groups is 2. The fraction of sp³-hybridized carbons (Fsp3) is 0.500. The van der Waals surface area contributed by atoms with E-state index in [0.29, 0.717) is 0 Å². The lowest BCUT2D eigenvalue weighted by Gasteiger charge is -2.32. The number of benzene rings is 1. The van der Waals surface area contributed by atoms with Crippen molar-refractivity contribution < 1.29 is 14.7 Å². The quantitative estimate of drug-likeness (QED) is 0.925. The van der Waals surface area contributed by atoms with E-state index >= 15 is 0 Å². The molecular weight excluding hydrogens is 268 g/mol. The van der Waals surface area contributed by atoms with Crippen molar-refractivity contribution in [1.82, 2.24) is 0 Å². The van der Waals surface area contributed by atoms with Gasteiger partial charge in [-0.3, -0.25) is 9.59 Å². The number of carboxylic acid groups (broad SMARTS) is 1. The van der Waals surface area contributed by atoms with E-state index in [-0.39, 0.29) is 18.9 Å². The van der Waals surface area contributed by atoms with Crippen LogP contribution in [-0.4, -0.2) is 36.6 Å². The van der Waals surface area contributed by atoms with Crippen LogP contribution in [0.25, 0.3) is 0 Å². The Bertz CT molecular complexity index is 552. The van der Waals surface area contributed by atoms with Crippen molar-refractivity contribution >= 4 is 23.3 Å². The second-order valence-electron chi connectivity index (χ2n) is 5.78. The van der Waals surface area contributed by atoms with Crippen molar-refractivity contribution in [2.75, 3.05) is 29.4 Å². The molecule has 0 spiro atoms. The molecule has 21 heavy (non-hydrogen) atoms. The third kappa shape index (κ3) is 2.73. The summed E-state index contributed by atoms with van der Waals surface area (Å²) in [4.78, 5) is 27.2. The zero-order chi connectivity index (χ0) is 14.8. The number of carbonyl (C=O) groups excluding carboxylic acids is 1. The molecule has 0 saturated carbocycles. The summed E-state index contributed by atoms with van der Waals surface area (Å²) in [5.41, 5.74) is 1.91. The maximum atomic E-state index is 12.2. The molecule has 5 heteroatoms. The van der Waals surface area contributed by atoms with Crippen LogP contribution < -0.4 is 9.80 Å². The molecule has 0 radical (unpaired) electrons. The highest BCUT2D eigenvalue weighted by molar-refractivity contribution is 6.01. The predicted octanol–water partition coefficient (Wildman–Crippen LogP) is 2.11. The number of aliphatic carboxylic acids is 1. The highest BCUT2D eigenvalue weighted by Gasteiger charge is 2.36. The summed E-state index contributed by atoms with van der Waals surface area (Å²) >= 11 is 0. The molecule has 0 bridgehead atoms. The Kier molecular flexibility index (Phi) is 3.82. The minimum Gasteiger partial charge on any atom is -0.481 e. The van der Waals surface area contributed by atoms with Crippen molar-refractivity contribution in [3.8, 4) is 0 Å². The summed E-state index contributed by atoms with van der Waals surface area (Å²) < 4.78 is 0. The van der Waals surface area contributed by atoms with Crippen molar-refractivity contribution in [2.45, 2.75) is 25.7 Å². The molecule has 1 aromatic carbocycles. The number of piperidine rings is 1. The number of para-hydroxylation sites is 2. The molecule has 1 N–H and O–H groups in total. The number of nitrogens with zero attached hydrogens (tertiary/aromatic N) is 2. The Balaban J connectivity index is 1.88. The van der Waals surface area contributed by atoms with Gasteiger partial charge in [-0.05, 0) is 31.4 Å². The van der Waals surface area contributed by atoms with Gasteiger partial charge in [-0.1, -0.05) is 12.1 Å². The topological polar surface area (TPSA) is 60.9 Å². The first-order chi connectivity index (χ1) is 10.2. The van der Waals surface area contributed by atoms with Crippen LogP contribution in [0.2, 0.25) is 0 Å². The first-order valence-electron chi connectivity index (χ1n) is 7.54. The minimum atomic E-state index is -0.888. The van der Waals surface area contributed by atoms with Gasteiger partial charge in [-0.15, -0.1) is 0 Å². The minimum absolute atomic E-state index is 0.0909. The molecule has 2 fully saturated rings.